The van der Waals surface area contributed by atoms with Gasteiger partial charge >= 0.3 is 0 Å². The van der Waals surface area contributed by atoms with Crippen molar-refractivity contribution in [3.63, 3.8) is 0 Å². The summed E-state index contributed by atoms with van der Waals surface area (Å²) in [5.74, 6) is 0.406. The lowest BCUT2D eigenvalue weighted by atomic mass is 9.82. The quantitative estimate of drug-likeness (QED) is 0.541. The molecule has 0 radical (unpaired) electrons. The molecule has 1 aliphatic heterocycles. The van der Waals surface area contributed by atoms with E-state index in [4.69, 9.17) is 16.3 Å². The Labute approximate surface area is 195 Å². The average Bonchev–Trinajstić information content (AvgIpc) is 3.23. The summed E-state index contributed by atoms with van der Waals surface area (Å²) < 4.78 is 46.7. The second-order valence-electron chi connectivity index (χ2n) is 9.01. The molecular weight excluding hydrogens is 451 g/mol. The Kier molecular flexibility index (Phi) is 7.10. The molecular formula is C24H30ClFN2O3S. The summed E-state index contributed by atoms with van der Waals surface area (Å²) in [4.78, 5) is 2.43. The van der Waals surface area contributed by atoms with E-state index in [0.29, 0.717) is 12.1 Å². The Hall–Kier alpha value is -1.67. The fourth-order valence-electron chi connectivity index (χ4n) is 4.50. The molecule has 32 heavy (non-hydrogen) atoms. The van der Waals surface area contributed by atoms with Gasteiger partial charge in [0.2, 0.25) is 10.0 Å². The van der Waals surface area contributed by atoms with Crippen LogP contribution in [0.4, 0.5) is 4.39 Å². The van der Waals surface area contributed by atoms with E-state index in [1.807, 2.05) is 18.2 Å². The lowest BCUT2D eigenvalue weighted by Crippen LogP contribution is -2.42. The van der Waals surface area contributed by atoms with Gasteiger partial charge in [0.05, 0.1) is 11.0 Å². The van der Waals surface area contributed by atoms with Gasteiger partial charge in [-0.2, -0.15) is 0 Å². The first kappa shape index (κ1) is 23.5. The van der Waals surface area contributed by atoms with E-state index >= 15 is 0 Å². The number of rotatable bonds is 8. The second kappa shape index (κ2) is 9.67. The third kappa shape index (κ3) is 5.28. The highest BCUT2D eigenvalue weighted by atomic mass is 35.5. The number of benzene rings is 2. The summed E-state index contributed by atoms with van der Waals surface area (Å²) in [6.45, 7) is 5.18. The van der Waals surface area contributed by atoms with Crippen molar-refractivity contribution in [2.45, 2.75) is 50.2 Å². The first-order chi connectivity index (χ1) is 15.2. The summed E-state index contributed by atoms with van der Waals surface area (Å²) >= 11 is 6.48. The van der Waals surface area contributed by atoms with Crippen LogP contribution < -0.4 is 4.74 Å². The summed E-state index contributed by atoms with van der Waals surface area (Å²) in [5, 5.41) is 0.724. The standard InChI is InChI=1S/C24H30ClFN2O3S/c1-17-5-7-20(26)13-24(17)32(29,30)27(2)15-18-11-22(12-18)31-21-8-6-19(23(25)14-21)16-28-9-3-4-10-28/h5-8,13-14,18,22H,3-4,9-12,15-16H2,1-2H3. The lowest BCUT2D eigenvalue weighted by molar-refractivity contribution is 0.0575. The molecule has 0 aromatic heterocycles. The summed E-state index contributed by atoms with van der Waals surface area (Å²) in [7, 11) is -2.18. The maximum Gasteiger partial charge on any atom is 0.243 e. The summed E-state index contributed by atoms with van der Waals surface area (Å²) in [6, 6.07) is 9.73. The molecule has 1 aliphatic carbocycles. The number of likely N-dealkylation sites (tertiary alicyclic amines) is 1. The predicted octanol–water partition coefficient (Wildman–Crippen LogP) is 4.86. The zero-order valence-electron chi connectivity index (χ0n) is 18.6. The number of ether oxygens (including phenoxy) is 1. The number of halogens is 2. The predicted molar refractivity (Wildman–Crippen MR) is 124 cm³/mol. The molecule has 2 aromatic rings. The molecule has 0 unspecified atom stereocenters. The van der Waals surface area contributed by atoms with Gasteiger partial charge in [-0.05, 0) is 87.0 Å². The Bertz CT molecular complexity index is 1070. The highest BCUT2D eigenvalue weighted by Gasteiger charge is 2.35. The van der Waals surface area contributed by atoms with Crippen LogP contribution >= 0.6 is 11.6 Å². The van der Waals surface area contributed by atoms with E-state index in [0.717, 1.165) is 54.9 Å². The van der Waals surface area contributed by atoms with Crippen molar-refractivity contribution in [2.75, 3.05) is 26.7 Å². The Balaban J connectivity index is 1.29. The maximum atomic E-state index is 13.6. The van der Waals surface area contributed by atoms with Crippen molar-refractivity contribution in [2.24, 2.45) is 5.92 Å². The van der Waals surface area contributed by atoms with Gasteiger partial charge in [0.25, 0.3) is 0 Å². The van der Waals surface area contributed by atoms with Crippen LogP contribution in [0.5, 0.6) is 5.75 Å². The zero-order valence-corrected chi connectivity index (χ0v) is 20.1. The van der Waals surface area contributed by atoms with Gasteiger partial charge in [-0.15, -0.1) is 0 Å². The van der Waals surface area contributed by atoms with Crippen molar-refractivity contribution in [1.29, 1.82) is 0 Å². The van der Waals surface area contributed by atoms with Crippen LogP contribution in [-0.4, -0.2) is 50.4 Å². The highest BCUT2D eigenvalue weighted by molar-refractivity contribution is 7.89. The van der Waals surface area contributed by atoms with E-state index in [1.165, 1.54) is 29.3 Å². The molecule has 2 aromatic carbocycles. The molecule has 8 heteroatoms. The van der Waals surface area contributed by atoms with Crippen LogP contribution in [0.25, 0.3) is 0 Å². The Morgan fingerprint density at radius 1 is 1.16 bits per heavy atom. The van der Waals surface area contributed by atoms with E-state index in [9.17, 15) is 12.8 Å². The number of sulfonamides is 1. The Morgan fingerprint density at radius 3 is 2.56 bits per heavy atom. The van der Waals surface area contributed by atoms with Gasteiger partial charge in [-0.3, -0.25) is 4.90 Å². The van der Waals surface area contributed by atoms with E-state index in [-0.39, 0.29) is 16.9 Å². The molecule has 174 valence electrons. The zero-order chi connectivity index (χ0) is 22.9. The van der Waals surface area contributed by atoms with Crippen LogP contribution in [-0.2, 0) is 16.6 Å². The smallest absolute Gasteiger partial charge is 0.243 e. The van der Waals surface area contributed by atoms with Crippen LogP contribution in [0.15, 0.2) is 41.3 Å². The topological polar surface area (TPSA) is 49.9 Å². The largest absolute Gasteiger partial charge is 0.490 e. The molecule has 1 heterocycles. The van der Waals surface area contributed by atoms with Crippen LogP contribution in [0.1, 0.15) is 36.8 Å². The third-order valence-corrected chi connectivity index (χ3v) is 8.78. The monoisotopic (exact) mass is 480 g/mol. The first-order valence-corrected chi connectivity index (χ1v) is 12.9. The highest BCUT2D eigenvalue weighted by Crippen LogP contribution is 2.34. The molecule has 0 N–H and O–H groups in total. The normalized spacial score (nSPS) is 21.7. The molecule has 4 rings (SSSR count). The number of hydrogen-bond donors (Lipinski definition) is 0. The molecule has 0 amide bonds. The molecule has 2 fully saturated rings. The van der Waals surface area contributed by atoms with Crippen molar-refractivity contribution in [3.05, 3.63) is 58.4 Å². The minimum atomic E-state index is -3.73. The lowest BCUT2D eigenvalue weighted by Gasteiger charge is -2.37. The van der Waals surface area contributed by atoms with Crippen molar-refractivity contribution >= 4 is 21.6 Å². The van der Waals surface area contributed by atoms with E-state index in [2.05, 4.69) is 4.90 Å². The molecule has 0 atom stereocenters. The van der Waals surface area contributed by atoms with Gasteiger partial charge in [-0.1, -0.05) is 23.7 Å². The van der Waals surface area contributed by atoms with Gasteiger partial charge in [0.1, 0.15) is 11.6 Å². The number of hydrogen-bond acceptors (Lipinski definition) is 4. The summed E-state index contributed by atoms with van der Waals surface area (Å²) in [6.07, 6.45) is 4.09. The van der Waals surface area contributed by atoms with Gasteiger partial charge < -0.3 is 4.74 Å². The average molecular weight is 481 g/mol. The molecule has 0 bridgehead atoms. The maximum absolute atomic E-state index is 13.6. The first-order valence-electron chi connectivity index (χ1n) is 11.1. The van der Waals surface area contributed by atoms with E-state index < -0.39 is 15.8 Å². The van der Waals surface area contributed by atoms with Gasteiger partial charge in [0.15, 0.2) is 0 Å². The van der Waals surface area contributed by atoms with Crippen molar-refractivity contribution in [3.8, 4) is 5.75 Å². The van der Waals surface area contributed by atoms with Crippen molar-refractivity contribution in [1.82, 2.24) is 9.21 Å². The van der Waals surface area contributed by atoms with Crippen LogP contribution in [0.2, 0.25) is 5.02 Å². The number of aryl methyl sites for hydroxylation is 1. The fraction of sp³-hybridized carbons (Fsp3) is 0.500. The van der Waals surface area contributed by atoms with Gasteiger partial charge in [0, 0.05) is 25.2 Å². The summed E-state index contributed by atoms with van der Waals surface area (Å²) in [5.41, 5.74) is 1.66. The van der Waals surface area contributed by atoms with Crippen molar-refractivity contribution < 1.29 is 17.5 Å². The van der Waals surface area contributed by atoms with E-state index in [1.54, 1.807) is 14.0 Å². The van der Waals surface area contributed by atoms with Gasteiger partial charge in [-0.25, -0.2) is 17.1 Å². The molecule has 0 spiro atoms. The minimum Gasteiger partial charge on any atom is -0.490 e. The third-order valence-electron chi connectivity index (χ3n) is 6.47. The molecule has 2 aliphatic rings. The molecule has 1 saturated carbocycles. The van der Waals surface area contributed by atoms with Crippen LogP contribution in [0.3, 0.4) is 0 Å². The SMILES string of the molecule is Cc1ccc(F)cc1S(=O)(=O)N(C)CC1CC(Oc2ccc(CN3CCCC3)c(Cl)c2)C1. The minimum absolute atomic E-state index is 0.0239. The second-order valence-corrected chi connectivity index (χ2v) is 11.4. The van der Waals surface area contributed by atoms with Crippen LogP contribution in [0, 0.1) is 18.7 Å². The fourth-order valence-corrected chi connectivity index (χ4v) is 6.21. The molecule has 1 saturated heterocycles. The number of nitrogens with zero attached hydrogens (tertiary/aromatic N) is 2. The molecule has 5 nitrogen and oxygen atoms in total. The Morgan fingerprint density at radius 2 is 1.88 bits per heavy atom.